The second-order valence-corrected chi connectivity index (χ2v) is 9.26. The molecule has 0 spiro atoms. The summed E-state index contributed by atoms with van der Waals surface area (Å²) in [4.78, 5) is 19.2. The van der Waals surface area contributed by atoms with Crippen LogP contribution in [0.3, 0.4) is 0 Å². The Bertz CT molecular complexity index is 1290. The molecule has 0 unspecified atom stereocenters. The van der Waals surface area contributed by atoms with Crippen molar-refractivity contribution in [1.82, 2.24) is 15.0 Å². The molecular weight excluding hydrogens is 453 g/mol. The summed E-state index contributed by atoms with van der Waals surface area (Å²) < 4.78 is 24.9. The van der Waals surface area contributed by atoms with Crippen LogP contribution >= 0.6 is 11.3 Å². The van der Waals surface area contributed by atoms with Crippen LogP contribution in [0.25, 0.3) is 21.8 Å². The van der Waals surface area contributed by atoms with Gasteiger partial charge in [0.1, 0.15) is 11.6 Å². The third kappa shape index (κ3) is 4.60. The van der Waals surface area contributed by atoms with Gasteiger partial charge >= 0.3 is 0 Å². The van der Waals surface area contributed by atoms with Gasteiger partial charge in [0.2, 0.25) is 0 Å². The molecule has 6 nitrogen and oxygen atoms in total. The number of halogens is 1. The minimum absolute atomic E-state index is 0.137. The van der Waals surface area contributed by atoms with Gasteiger partial charge < -0.3 is 14.2 Å². The fourth-order valence-electron chi connectivity index (χ4n) is 4.11. The molecule has 0 saturated carbocycles. The van der Waals surface area contributed by atoms with Gasteiger partial charge in [-0.25, -0.2) is 4.39 Å². The smallest absolute Gasteiger partial charge is 0.276 e. The summed E-state index contributed by atoms with van der Waals surface area (Å²) >= 11 is 1.61. The van der Waals surface area contributed by atoms with Crippen molar-refractivity contribution in [3.8, 4) is 27.5 Å². The van der Waals surface area contributed by atoms with Crippen LogP contribution in [0, 0.1) is 5.82 Å². The Morgan fingerprint density at radius 1 is 1.03 bits per heavy atom. The maximum atomic E-state index is 14.1. The Labute approximate surface area is 201 Å². The van der Waals surface area contributed by atoms with E-state index in [4.69, 9.17) is 9.26 Å². The molecule has 0 N–H and O–H groups in total. The van der Waals surface area contributed by atoms with Crippen molar-refractivity contribution in [2.75, 3.05) is 33.3 Å². The first kappa shape index (κ1) is 22.3. The lowest BCUT2D eigenvalue weighted by molar-refractivity contribution is 0.0619. The van der Waals surface area contributed by atoms with Gasteiger partial charge in [-0.1, -0.05) is 35.5 Å². The van der Waals surface area contributed by atoms with Gasteiger partial charge in [0.25, 0.3) is 5.91 Å². The van der Waals surface area contributed by atoms with Gasteiger partial charge in [-0.05, 0) is 30.3 Å². The summed E-state index contributed by atoms with van der Waals surface area (Å²) in [5.74, 6) is 0.827. The number of para-hydroxylation sites is 1. The zero-order chi connectivity index (χ0) is 23.5. The largest absolute Gasteiger partial charge is 0.496 e. The molecule has 0 bridgehead atoms. The summed E-state index contributed by atoms with van der Waals surface area (Å²) in [5.41, 5.74) is 1.68. The van der Waals surface area contributed by atoms with Gasteiger partial charge in [-0.15, -0.1) is 11.3 Å². The lowest BCUT2D eigenvalue weighted by Gasteiger charge is -2.34. The number of carbonyl (C=O) groups excluding carboxylic acids is 1. The normalized spacial score (nSPS) is 14.4. The molecule has 8 heteroatoms. The predicted molar refractivity (Wildman–Crippen MR) is 129 cm³/mol. The van der Waals surface area contributed by atoms with E-state index in [2.05, 4.69) is 16.1 Å². The number of piperazine rings is 1. The topological polar surface area (TPSA) is 58.8 Å². The zero-order valence-corrected chi connectivity index (χ0v) is 19.6. The highest BCUT2D eigenvalue weighted by Crippen LogP contribution is 2.32. The van der Waals surface area contributed by atoms with E-state index in [1.54, 1.807) is 41.5 Å². The Balaban J connectivity index is 1.19. The van der Waals surface area contributed by atoms with E-state index in [0.29, 0.717) is 35.9 Å². The van der Waals surface area contributed by atoms with Crippen molar-refractivity contribution < 1.29 is 18.4 Å². The second-order valence-electron chi connectivity index (χ2n) is 8.09. The van der Waals surface area contributed by atoms with Crippen molar-refractivity contribution in [3.05, 3.63) is 83.1 Å². The highest BCUT2D eigenvalue weighted by Gasteiger charge is 2.25. The molecular formula is C26H24FN3O3S. The predicted octanol–water partition coefficient (Wildman–Crippen LogP) is 5.18. The number of methoxy groups -OCH3 is 1. The van der Waals surface area contributed by atoms with Crippen LogP contribution < -0.4 is 4.74 Å². The van der Waals surface area contributed by atoms with Gasteiger partial charge in [0.15, 0.2) is 11.5 Å². The average molecular weight is 478 g/mol. The third-order valence-electron chi connectivity index (χ3n) is 5.94. The molecule has 174 valence electrons. The summed E-state index contributed by atoms with van der Waals surface area (Å²) in [7, 11) is 1.59. The molecule has 2 aromatic heterocycles. The molecule has 34 heavy (non-hydrogen) atoms. The molecule has 3 heterocycles. The van der Waals surface area contributed by atoms with Crippen molar-refractivity contribution in [1.29, 1.82) is 0 Å². The van der Waals surface area contributed by atoms with E-state index in [1.807, 2.05) is 36.4 Å². The van der Waals surface area contributed by atoms with E-state index in [-0.39, 0.29) is 11.7 Å². The minimum atomic E-state index is -0.204. The van der Waals surface area contributed by atoms with E-state index in [1.165, 1.54) is 10.9 Å². The zero-order valence-electron chi connectivity index (χ0n) is 18.7. The lowest BCUT2D eigenvalue weighted by Crippen LogP contribution is -2.48. The summed E-state index contributed by atoms with van der Waals surface area (Å²) in [6.45, 7) is 3.53. The molecule has 0 aliphatic carbocycles. The molecule has 0 atom stereocenters. The Morgan fingerprint density at radius 3 is 2.53 bits per heavy atom. The van der Waals surface area contributed by atoms with Crippen LogP contribution in [-0.2, 0) is 6.54 Å². The van der Waals surface area contributed by atoms with Crippen molar-refractivity contribution in [2.24, 2.45) is 0 Å². The average Bonchev–Trinajstić information content (AvgIpc) is 3.55. The second kappa shape index (κ2) is 9.79. The molecule has 4 aromatic rings. The molecule has 1 aliphatic rings. The highest BCUT2D eigenvalue weighted by molar-refractivity contribution is 7.15. The van der Waals surface area contributed by atoms with Gasteiger partial charge in [0, 0.05) is 54.1 Å². The number of rotatable bonds is 6. The molecule has 1 fully saturated rings. The van der Waals surface area contributed by atoms with Crippen molar-refractivity contribution >= 4 is 17.2 Å². The molecule has 0 radical (unpaired) electrons. The third-order valence-corrected chi connectivity index (χ3v) is 7.04. The lowest BCUT2D eigenvalue weighted by atomic mass is 10.1. The Hall–Kier alpha value is -3.49. The Morgan fingerprint density at radius 2 is 1.76 bits per heavy atom. The first-order valence-corrected chi connectivity index (χ1v) is 11.9. The maximum Gasteiger partial charge on any atom is 0.276 e. The number of hydrogen-bond acceptors (Lipinski definition) is 6. The molecule has 1 saturated heterocycles. The molecule has 2 aromatic carbocycles. The highest BCUT2D eigenvalue weighted by atomic mass is 32.1. The maximum absolute atomic E-state index is 14.1. The quantitative estimate of drug-likeness (QED) is 0.383. The summed E-state index contributed by atoms with van der Waals surface area (Å²) in [6, 6.07) is 20.0. The standard InChI is InChI=1S/C26H24FN3O3S/c1-32-23-9-5-3-7-20(23)24-16-22(28-33-24)26(31)30-14-12-29(13-15-30)17-18-10-11-25(34-18)19-6-2-4-8-21(19)27/h2-11,16H,12-15,17H2,1H3. The number of amides is 1. The molecule has 5 rings (SSSR count). The van der Waals surface area contributed by atoms with E-state index in [0.717, 1.165) is 30.1 Å². The monoisotopic (exact) mass is 477 g/mol. The number of nitrogens with zero attached hydrogens (tertiary/aromatic N) is 3. The van der Waals surface area contributed by atoms with Crippen molar-refractivity contribution in [3.63, 3.8) is 0 Å². The van der Waals surface area contributed by atoms with E-state index >= 15 is 0 Å². The van der Waals surface area contributed by atoms with Gasteiger partial charge in [-0.2, -0.15) is 0 Å². The van der Waals surface area contributed by atoms with Crippen LogP contribution in [0.5, 0.6) is 5.75 Å². The van der Waals surface area contributed by atoms with Crippen LogP contribution in [-0.4, -0.2) is 54.2 Å². The van der Waals surface area contributed by atoms with E-state index < -0.39 is 0 Å². The van der Waals surface area contributed by atoms with Crippen LogP contribution in [0.2, 0.25) is 0 Å². The van der Waals surface area contributed by atoms with Crippen LogP contribution in [0.4, 0.5) is 4.39 Å². The van der Waals surface area contributed by atoms with Gasteiger partial charge in [0.05, 0.1) is 12.7 Å². The number of ether oxygens (including phenoxy) is 1. The first-order chi connectivity index (χ1) is 16.6. The number of carbonyl (C=O) groups is 1. The fourth-order valence-corrected chi connectivity index (χ4v) is 5.19. The molecule has 1 aliphatic heterocycles. The number of benzene rings is 2. The summed E-state index contributed by atoms with van der Waals surface area (Å²) in [6.07, 6.45) is 0. The van der Waals surface area contributed by atoms with Crippen LogP contribution in [0.1, 0.15) is 15.4 Å². The van der Waals surface area contributed by atoms with Gasteiger partial charge in [-0.3, -0.25) is 9.69 Å². The fraction of sp³-hybridized carbons (Fsp3) is 0.231. The number of aromatic nitrogens is 1. The minimum Gasteiger partial charge on any atom is -0.496 e. The first-order valence-electron chi connectivity index (χ1n) is 11.1. The summed E-state index contributed by atoms with van der Waals surface area (Å²) in [5, 5.41) is 4.00. The van der Waals surface area contributed by atoms with Crippen molar-refractivity contribution in [2.45, 2.75) is 6.54 Å². The number of hydrogen-bond donors (Lipinski definition) is 0. The molecule has 1 amide bonds. The number of thiophene rings is 1. The SMILES string of the molecule is COc1ccccc1-c1cc(C(=O)N2CCN(Cc3ccc(-c4ccccc4F)s3)CC2)no1. The van der Waals surface area contributed by atoms with Crippen LogP contribution in [0.15, 0.2) is 71.3 Å². The Kier molecular flexibility index (Phi) is 6.42. The van der Waals surface area contributed by atoms with E-state index in [9.17, 15) is 9.18 Å².